The number of nitrogens with one attached hydrogen (secondary N) is 2. The van der Waals surface area contributed by atoms with Crippen molar-refractivity contribution in [2.45, 2.75) is 12.3 Å². The van der Waals surface area contributed by atoms with E-state index in [1.54, 1.807) is 0 Å². The van der Waals surface area contributed by atoms with E-state index in [0.717, 1.165) is 9.26 Å². The third-order valence-electron chi connectivity index (χ3n) is 1.65. The number of carbonyl (C=O) groups is 1. The number of hydrogen-bond donors (Lipinski definition) is 2. The Hall–Kier alpha value is -0.490. The van der Waals surface area contributed by atoms with Crippen molar-refractivity contribution < 1.29 is 4.79 Å². The van der Waals surface area contributed by atoms with Gasteiger partial charge < -0.3 is 10.6 Å². The largest absolute Gasteiger partial charge is 0.336 e. The Bertz CT molecular complexity index is 327. The van der Waals surface area contributed by atoms with Gasteiger partial charge in [0.1, 0.15) is 0 Å². The minimum atomic E-state index is -0.233. The first-order valence-corrected chi connectivity index (χ1v) is 6.04. The molecule has 1 aromatic rings. The molecule has 0 bridgehead atoms. The van der Waals surface area contributed by atoms with Gasteiger partial charge in [0.2, 0.25) is 0 Å². The Balaban J connectivity index is 2.41. The van der Waals surface area contributed by atoms with E-state index in [0.29, 0.717) is 6.54 Å². The third-order valence-corrected chi connectivity index (χ3v) is 2.52. The Morgan fingerprint density at radius 2 is 2.07 bits per heavy atom. The first-order chi connectivity index (χ1) is 7.08. The van der Waals surface area contributed by atoms with Gasteiger partial charge in [-0.2, -0.15) is 0 Å². The highest BCUT2D eigenvalue weighted by molar-refractivity contribution is 14.1. The van der Waals surface area contributed by atoms with Crippen LogP contribution in [0.4, 0.5) is 10.5 Å². The lowest BCUT2D eigenvalue weighted by molar-refractivity contribution is 0.252. The van der Waals surface area contributed by atoms with Crippen LogP contribution in [0.25, 0.3) is 0 Å². The third kappa shape index (κ3) is 5.22. The van der Waals surface area contributed by atoms with E-state index in [1.165, 1.54) is 0 Å². The van der Waals surface area contributed by atoms with Crippen LogP contribution < -0.4 is 10.6 Å². The predicted molar refractivity (Wildman–Crippen MR) is 71.5 cm³/mol. The molecule has 0 aliphatic heterocycles. The van der Waals surface area contributed by atoms with Crippen LogP contribution in [0.15, 0.2) is 24.3 Å². The minimum absolute atomic E-state index is 0.0625. The van der Waals surface area contributed by atoms with E-state index in [1.807, 2.05) is 31.2 Å². The number of benzene rings is 1. The molecular weight excluding hydrogens is 326 g/mol. The summed E-state index contributed by atoms with van der Waals surface area (Å²) in [5, 5.41) is 5.31. The summed E-state index contributed by atoms with van der Waals surface area (Å²) in [6.45, 7) is 2.28. The van der Waals surface area contributed by atoms with Crippen LogP contribution in [-0.2, 0) is 0 Å². The minimum Gasteiger partial charge on any atom is -0.336 e. The highest BCUT2D eigenvalue weighted by Crippen LogP contribution is 2.10. The average molecular weight is 339 g/mol. The number of hydrogen-bond acceptors (Lipinski definition) is 1. The SMILES string of the molecule is CC(Cl)CNC(=O)Nc1ccc(I)cc1. The first kappa shape index (κ1) is 12.6. The van der Waals surface area contributed by atoms with Crippen molar-refractivity contribution in [3.8, 4) is 0 Å². The smallest absolute Gasteiger partial charge is 0.319 e. The van der Waals surface area contributed by atoms with E-state index in [-0.39, 0.29) is 11.4 Å². The van der Waals surface area contributed by atoms with Crippen molar-refractivity contribution in [3.05, 3.63) is 27.8 Å². The molecule has 5 heteroatoms. The molecule has 0 heterocycles. The molecule has 0 aliphatic rings. The molecule has 1 unspecified atom stereocenters. The molecule has 2 N–H and O–H groups in total. The maximum absolute atomic E-state index is 11.3. The molecule has 82 valence electrons. The molecule has 1 rings (SSSR count). The zero-order chi connectivity index (χ0) is 11.3. The highest BCUT2D eigenvalue weighted by atomic mass is 127. The number of anilines is 1. The summed E-state index contributed by atoms with van der Waals surface area (Å²) in [6, 6.07) is 7.33. The van der Waals surface area contributed by atoms with Gasteiger partial charge in [-0.05, 0) is 53.8 Å². The van der Waals surface area contributed by atoms with Crippen molar-refractivity contribution in [2.75, 3.05) is 11.9 Å². The van der Waals surface area contributed by atoms with Crippen molar-refractivity contribution in [3.63, 3.8) is 0 Å². The molecule has 2 amide bonds. The van der Waals surface area contributed by atoms with Crippen LogP contribution in [0.1, 0.15) is 6.92 Å². The second-order valence-electron chi connectivity index (χ2n) is 3.12. The van der Waals surface area contributed by atoms with Crippen molar-refractivity contribution in [2.24, 2.45) is 0 Å². The van der Waals surface area contributed by atoms with Crippen LogP contribution in [0.2, 0.25) is 0 Å². The lowest BCUT2D eigenvalue weighted by Gasteiger charge is -2.08. The summed E-state index contributed by atoms with van der Waals surface area (Å²) in [4.78, 5) is 11.3. The van der Waals surface area contributed by atoms with E-state index in [4.69, 9.17) is 11.6 Å². The lowest BCUT2D eigenvalue weighted by atomic mass is 10.3. The molecule has 0 aliphatic carbocycles. The molecule has 0 saturated carbocycles. The summed E-state index contributed by atoms with van der Waals surface area (Å²) in [6.07, 6.45) is 0. The average Bonchev–Trinajstić information content (AvgIpc) is 2.19. The van der Waals surface area contributed by atoms with Crippen molar-refractivity contribution >= 4 is 45.9 Å². The number of amides is 2. The van der Waals surface area contributed by atoms with Gasteiger partial charge in [-0.25, -0.2) is 4.79 Å². The first-order valence-electron chi connectivity index (χ1n) is 4.52. The number of halogens is 2. The van der Waals surface area contributed by atoms with Crippen LogP contribution >= 0.6 is 34.2 Å². The van der Waals surface area contributed by atoms with Crippen LogP contribution in [0, 0.1) is 3.57 Å². The molecule has 0 aromatic heterocycles. The maximum atomic E-state index is 11.3. The second kappa shape index (κ2) is 6.17. The van der Waals surface area contributed by atoms with Crippen LogP contribution in [0.3, 0.4) is 0 Å². The topological polar surface area (TPSA) is 41.1 Å². The lowest BCUT2D eigenvalue weighted by Crippen LogP contribution is -2.32. The summed E-state index contributed by atoms with van der Waals surface area (Å²) in [5.41, 5.74) is 0.773. The van der Waals surface area contributed by atoms with Crippen LogP contribution in [0.5, 0.6) is 0 Å². The summed E-state index contributed by atoms with van der Waals surface area (Å²) in [7, 11) is 0. The summed E-state index contributed by atoms with van der Waals surface area (Å²) in [5.74, 6) is 0. The fraction of sp³-hybridized carbons (Fsp3) is 0.300. The molecule has 1 atom stereocenters. The van der Waals surface area contributed by atoms with Crippen molar-refractivity contribution in [1.82, 2.24) is 5.32 Å². The molecule has 15 heavy (non-hydrogen) atoms. The van der Waals surface area contributed by atoms with Gasteiger partial charge in [-0.15, -0.1) is 11.6 Å². The zero-order valence-corrected chi connectivity index (χ0v) is 11.2. The molecule has 3 nitrogen and oxygen atoms in total. The fourth-order valence-corrected chi connectivity index (χ4v) is 1.38. The number of urea groups is 1. The van der Waals surface area contributed by atoms with E-state index < -0.39 is 0 Å². The zero-order valence-electron chi connectivity index (χ0n) is 8.26. The quantitative estimate of drug-likeness (QED) is 0.645. The van der Waals surface area contributed by atoms with Gasteiger partial charge in [0.05, 0.1) is 0 Å². The van der Waals surface area contributed by atoms with Gasteiger partial charge >= 0.3 is 6.03 Å². The van der Waals surface area contributed by atoms with E-state index >= 15 is 0 Å². The number of rotatable bonds is 3. The Morgan fingerprint density at radius 1 is 1.47 bits per heavy atom. The molecule has 0 fully saturated rings. The number of carbonyl (C=O) groups excluding carboxylic acids is 1. The standard InChI is InChI=1S/C10H12ClIN2O/c1-7(11)6-13-10(15)14-9-4-2-8(12)3-5-9/h2-5,7H,6H2,1H3,(H2,13,14,15). The van der Waals surface area contributed by atoms with Gasteiger partial charge in [0.15, 0.2) is 0 Å². The fourth-order valence-electron chi connectivity index (χ4n) is 0.942. The summed E-state index contributed by atoms with van der Waals surface area (Å²) < 4.78 is 1.13. The monoisotopic (exact) mass is 338 g/mol. The maximum Gasteiger partial charge on any atom is 0.319 e. The van der Waals surface area contributed by atoms with Gasteiger partial charge in [-0.1, -0.05) is 0 Å². The molecule has 0 spiro atoms. The Labute approximate surface area is 108 Å². The Kier molecular flexibility index (Phi) is 5.17. The summed E-state index contributed by atoms with van der Waals surface area (Å²) >= 11 is 7.91. The Morgan fingerprint density at radius 3 is 2.60 bits per heavy atom. The second-order valence-corrected chi connectivity index (χ2v) is 5.11. The molecule has 1 aromatic carbocycles. The normalized spacial score (nSPS) is 11.9. The predicted octanol–water partition coefficient (Wildman–Crippen LogP) is 3.04. The van der Waals surface area contributed by atoms with E-state index in [2.05, 4.69) is 33.2 Å². The number of alkyl halides is 1. The van der Waals surface area contributed by atoms with E-state index in [9.17, 15) is 4.79 Å². The van der Waals surface area contributed by atoms with Gasteiger partial charge in [0.25, 0.3) is 0 Å². The highest BCUT2D eigenvalue weighted by Gasteiger charge is 2.02. The molecular formula is C10H12ClIN2O. The molecule has 0 saturated heterocycles. The molecule has 0 radical (unpaired) electrons. The van der Waals surface area contributed by atoms with Crippen molar-refractivity contribution in [1.29, 1.82) is 0 Å². The van der Waals surface area contributed by atoms with Gasteiger partial charge in [-0.3, -0.25) is 0 Å². The van der Waals surface area contributed by atoms with Crippen LogP contribution in [-0.4, -0.2) is 18.0 Å². The van der Waals surface area contributed by atoms with Gasteiger partial charge in [0, 0.05) is 21.2 Å².